The number of hydrogen-bond donors (Lipinski definition) is 0. The Labute approximate surface area is 155 Å². The molecule has 4 heteroatoms. The number of fused-ring (bicyclic) bond motifs is 1. The Kier molecular flexibility index (Phi) is 5.09. The van der Waals surface area contributed by atoms with Crippen LogP contribution in [0, 0.1) is 11.3 Å². The lowest BCUT2D eigenvalue weighted by Gasteiger charge is -2.25. The van der Waals surface area contributed by atoms with Crippen molar-refractivity contribution < 1.29 is 9.30 Å². The van der Waals surface area contributed by atoms with Gasteiger partial charge in [-0.25, -0.2) is 4.57 Å². The molecule has 0 N–H and O–H groups in total. The van der Waals surface area contributed by atoms with Gasteiger partial charge in [0.1, 0.15) is 30.2 Å². The van der Waals surface area contributed by atoms with E-state index in [1.165, 1.54) is 0 Å². The Morgan fingerprint density at radius 2 is 1.85 bits per heavy atom. The minimum Gasteiger partial charge on any atom is -0.455 e. The molecular weight excluding hydrogens is 322 g/mol. The van der Waals surface area contributed by atoms with Crippen LogP contribution in [0.2, 0.25) is 0 Å². The van der Waals surface area contributed by atoms with Crippen molar-refractivity contribution in [2.24, 2.45) is 7.05 Å². The third kappa shape index (κ3) is 3.34. The molecular formula is C22H24N3O+. The van der Waals surface area contributed by atoms with Crippen molar-refractivity contribution in [2.75, 3.05) is 18.0 Å². The normalized spacial score (nSPS) is 14.7. The van der Waals surface area contributed by atoms with Crippen LogP contribution >= 0.6 is 0 Å². The average molecular weight is 346 g/mol. The maximum Gasteiger partial charge on any atom is 0.169 e. The highest BCUT2D eigenvalue weighted by molar-refractivity contribution is 5.85. The van der Waals surface area contributed by atoms with Crippen LogP contribution in [0.15, 0.2) is 54.6 Å². The highest BCUT2D eigenvalue weighted by atomic mass is 16.5. The van der Waals surface area contributed by atoms with E-state index in [2.05, 4.69) is 49.9 Å². The molecule has 0 bridgehead atoms. The van der Waals surface area contributed by atoms with Crippen LogP contribution in [-0.2, 0) is 7.05 Å². The van der Waals surface area contributed by atoms with Crippen LogP contribution in [0.5, 0.6) is 5.75 Å². The molecule has 132 valence electrons. The summed E-state index contributed by atoms with van der Waals surface area (Å²) in [6.45, 7) is 8.22. The van der Waals surface area contributed by atoms with Gasteiger partial charge in [-0.3, -0.25) is 0 Å². The molecule has 0 saturated carbocycles. The van der Waals surface area contributed by atoms with Crippen LogP contribution in [0.25, 0.3) is 11.1 Å². The first-order valence-electron chi connectivity index (χ1n) is 8.93. The topological polar surface area (TPSA) is 40.1 Å². The van der Waals surface area contributed by atoms with Crippen molar-refractivity contribution in [3.8, 4) is 11.8 Å². The number of aryl methyl sites for hydroxylation is 1. The molecule has 1 aliphatic heterocycles. The van der Waals surface area contributed by atoms with Gasteiger partial charge in [0.15, 0.2) is 12.4 Å². The Morgan fingerprint density at radius 1 is 1.15 bits per heavy atom. The molecule has 2 aromatic rings. The maximum absolute atomic E-state index is 9.72. The molecule has 0 fully saturated rings. The Hall–Kier alpha value is -3.06. The molecule has 0 spiro atoms. The quantitative estimate of drug-likeness (QED) is 0.618. The molecule has 1 aliphatic rings. The molecule has 3 rings (SSSR count). The largest absolute Gasteiger partial charge is 0.455 e. The zero-order valence-corrected chi connectivity index (χ0v) is 15.8. The van der Waals surface area contributed by atoms with Gasteiger partial charge < -0.3 is 9.64 Å². The monoisotopic (exact) mass is 346 g/mol. The van der Waals surface area contributed by atoms with Crippen LogP contribution in [0.4, 0.5) is 5.69 Å². The van der Waals surface area contributed by atoms with Gasteiger partial charge in [0.05, 0.1) is 0 Å². The first-order chi connectivity index (χ1) is 12.6. The fourth-order valence-corrected chi connectivity index (χ4v) is 3.18. The van der Waals surface area contributed by atoms with Gasteiger partial charge in [-0.15, -0.1) is 0 Å². The zero-order chi connectivity index (χ0) is 18.7. The number of nitrogens with zero attached hydrogens (tertiary/aromatic N) is 3. The summed E-state index contributed by atoms with van der Waals surface area (Å²) in [6, 6.07) is 12.5. The fourth-order valence-electron chi connectivity index (χ4n) is 3.18. The fraction of sp³-hybridized carbons (Fsp3) is 0.273. The van der Waals surface area contributed by atoms with E-state index >= 15 is 0 Å². The van der Waals surface area contributed by atoms with E-state index in [-0.39, 0.29) is 0 Å². The molecule has 4 nitrogen and oxygen atoms in total. The summed E-state index contributed by atoms with van der Waals surface area (Å²) in [4.78, 5) is 2.28. The second-order valence-corrected chi connectivity index (χ2v) is 6.39. The molecule has 2 heterocycles. The second-order valence-electron chi connectivity index (χ2n) is 6.39. The Morgan fingerprint density at radius 3 is 2.46 bits per heavy atom. The smallest absolute Gasteiger partial charge is 0.169 e. The van der Waals surface area contributed by atoms with Crippen LogP contribution < -0.4 is 14.2 Å². The van der Waals surface area contributed by atoms with Crippen molar-refractivity contribution in [3.63, 3.8) is 0 Å². The predicted octanol–water partition coefficient (Wildman–Crippen LogP) is 4.09. The second kappa shape index (κ2) is 7.45. The van der Waals surface area contributed by atoms with E-state index in [0.29, 0.717) is 11.3 Å². The summed E-state index contributed by atoms with van der Waals surface area (Å²) in [7, 11) is 1.95. The van der Waals surface area contributed by atoms with Crippen LogP contribution in [0.1, 0.15) is 31.9 Å². The van der Waals surface area contributed by atoms with E-state index in [4.69, 9.17) is 4.74 Å². The van der Waals surface area contributed by atoms with E-state index in [0.717, 1.165) is 41.2 Å². The average Bonchev–Trinajstić information content (AvgIpc) is 2.65. The SMILES string of the molecule is CCN(CC)c1ccc2c(c1)O/C(=C(/C#N)c1cc[n+](C)cc1)C=C2C. The third-order valence-electron chi connectivity index (χ3n) is 4.71. The van der Waals surface area contributed by atoms with E-state index < -0.39 is 0 Å². The van der Waals surface area contributed by atoms with Gasteiger partial charge in [0.25, 0.3) is 0 Å². The highest BCUT2D eigenvalue weighted by Gasteiger charge is 2.20. The predicted molar refractivity (Wildman–Crippen MR) is 104 cm³/mol. The molecule has 0 saturated heterocycles. The molecule has 1 aromatic carbocycles. The van der Waals surface area contributed by atoms with Crippen LogP contribution in [0.3, 0.4) is 0 Å². The lowest BCUT2D eigenvalue weighted by Crippen LogP contribution is -2.25. The lowest BCUT2D eigenvalue weighted by molar-refractivity contribution is -0.671. The van der Waals surface area contributed by atoms with Crippen molar-refractivity contribution in [2.45, 2.75) is 20.8 Å². The van der Waals surface area contributed by atoms with E-state index in [9.17, 15) is 5.26 Å². The number of aromatic nitrogens is 1. The van der Waals surface area contributed by atoms with Gasteiger partial charge in [-0.1, -0.05) is 0 Å². The maximum atomic E-state index is 9.72. The summed E-state index contributed by atoms with van der Waals surface area (Å²) >= 11 is 0. The third-order valence-corrected chi connectivity index (χ3v) is 4.71. The number of ether oxygens (including phenoxy) is 1. The summed E-state index contributed by atoms with van der Waals surface area (Å²) < 4.78 is 8.11. The zero-order valence-electron chi connectivity index (χ0n) is 15.8. The number of rotatable bonds is 4. The molecule has 0 aliphatic carbocycles. The molecule has 0 amide bonds. The van der Waals surface area contributed by atoms with Gasteiger partial charge in [0, 0.05) is 48.1 Å². The van der Waals surface area contributed by atoms with Gasteiger partial charge >= 0.3 is 0 Å². The number of allylic oxidation sites excluding steroid dienone is 3. The number of pyridine rings is 1. The van der Waals surface area contributed by atoms with Gasteiger partial charge in [0.2, 0.25) is 0 Å². The minimum absolute atomic E-state index is 0.545. The van der Waals surface area contributed by atoms with Crippen molar-refractivity contribution in [1.82, 2.24) is 0 Å². The summed E-state index contributed by atoms with van der Waals surface area (Å²) in [5.74, 6) is 1.40. The van der Waals surface area contributed by atoms with Gasteiger partial charge in [-0.2, -0.15) is 5.26 Å². The Balaban J connectivity index is 2.07. The molecule has 0 radical (unpaired) electrons. The summed E-state index contributed by atoms with van der Waals surface area (Å²) in [5.41, 5.74) is 4.70. The van der Waals surface area contributed by atoms with E-state index in [1.807, 2.05) is 42.2 Å². The number of benzene rings is 1. The summed E-state index contributed by atoms with van der Waals surface area (Å²) in [6.07, 6.45) is 5.81. The molecule has 26 heavy (non-hydrogen) atoms. The number of anilines is 1. The minimum atomic E-state index is 0.545. The van der Waals surface area contributed by atoms with Crippen molar-refractivity contribution in [3.05, 3.63) is 65.7 Å². The molecule has 0 unspecified atom stereocenters. The van der Waals surface area contributed by atoms with E-state index in [1.54, 1.807) is 0 Å². The Bertz CT molecular complexity index is 913. The van der Waals surface area contributed by atoms with Crippen molar-refractivity contribution in [1.29, 1.82) is 5.26 Å². The van der Waals surface area contributed by atoms with Gasteiger partial charge in [-0.05, 0) is 44.6 Å². The molecule has 0 atom stereocenters. The van der Waals surface area contributed by atoms with Crippen molar-refractivity contribution >= 4 is 16.8 Å². The van der Waals surface area contributed by atoms with Crippen LogP contribution in [-0.4, -0.2) is 13.1 Å². The number of nitriles is 1. The molecule has 1 aromatic heterocycles. The standard InChI is InChI=1S/C22H24N3O/c1-5-25(6-2)18-7-8-19-16(3)13-21(26-22(19)14-18)20(15-23)17-9-11-24(4)12-10-17/h7-14H,5-6H2,1-4H3/q+1. The first kappa shape index (κ1) is 17.8. The highest BCUT2D eigenvalue weighted by Crippen LogP contribution is 2.38. The lowest BCUT2D eigenvalue weighted by atomic mass is 9.99. The first-order valence-corrected chi connectivity index (χ1v) is 8.93. The number of hydrogen-bond acceptors (Lipinski definition) is 3. The summed E-state index contributed by atoms with van der Waals surface area (Å²) in [5, 5.41) is 9.72.